The molecule has 2 rings (SSSR count). The number of methoxy groups -OCH3 is 1. The second kappa shape index (κ2) is 8.93. The van der Waals surface area contributed by atoms with Gasteiger partial charge in [0.25, 0.3) is 5.91 Å². The second-order valence-corrected chi connectivity index (χ2v) is 5.95. The van der Waals surface area contributed by atoms with E-state index in [1.54, 1.807) is 37.4 Å². The van der Waals surface area contributed by atoms with Gasteiger partial charge < -0.3 is 9.47 Å². The zero-order chi connectivity index (χ0) is 18.2. The maximum Gasteiger partial charge on any atom is 0.277 e. The molecule has 8 heteroatoms. The van der Waals surface area contributed by atoms with Crippen molar-refractivity contribution in [1.29, 1.82) is 0 Å². The molecule has 130 valence electrons. The highest BCUT2D eigenvalue weighted by Gasteiger charge is 2.07. The first-order valence-electron chi connectivity index (χ1n) is 7.25. The van der Waals surface area contributed by atoms with E-state index in [-0.39, 0.29) is 18.0 Å². The first-order chi connectivity index (χ1) is 12.0. The smallest absolute Gasteiger partial charge is 0.277 e. The van der Waals surface area contributed by atoms with Gasteiger partial charge in [-0.1, -0.05) is 22.0 Å². The minimum absolute atomic E-state index is 0.148. The lowest BCUT2D eigenvalue weighted by Gasteiger charge is -2.07. The van der Waals surface area contributed by atoms with E-state index < -0.39 is 5.91 Å². The lowest BCUT2D eigenvalue weighted by Crippen LogP contribution is -2.24. The van der Waals surface area contributed by atoms with Crippen LogP contribution in [0.25, 0.3) is 0 Å². The molecule has 0 atom stereocenters. The first-order valence-corrected chi connectivity index (χ1v) is 8.05. The van der Waals surface area contributed by atoms with Crippen molar-refractivity contribution in [3.05, 3.63) is 56.9 Å². The van der Waals surface area contributed by atoms with Crippen LogP contribution in [0.4, 0.5) is 5.69 Å². The van der Waals surface area contributed by atoms with E-state index in [2.05, 4.69) is 31.6 Å². The lowest BCUT2D eigenvalue weighted by molar-refractivity contribution is -0.123. The highest BCUT2D eigenvalue weighted by molar-refractivity contribution is 9.10. The quantitative estimate of drug-likeness (QED) is 0.432. The van der Waals surface area contributed by atoms with Crippen LogP contribution in [0.5, 0.6) is 11.5 Å². The molecule has 0 unspecified atom stereocenters. The SMILES string of the molecule is COc1ccc(Br)cc1/C=N/NC(=O)COc1ccc(C)cc1N=O. The molecule has 0 bridgehead atoms. The standard InChI is InChI=1S/C17H16BrN3O4/c1-11-3-5-16(14(7-11)21-23)25-10-17(22)20-19-9-12-8-13(18)4-6-15(12)24-2/h3-9H,10H2,1-2H3,(H,20,22)/b19-9+. The van der Waals surface area contributed by atoms with Crippen LogP contribution in [-0.2, 0) is 4.79 Å². The summed E-state index contributed by atoms with van der Waals surface area (Å²) < 4.78 is 11.4. The number of amides is 1. The Kier molecular flexibility index (Phi) is 6.64. The number of hydrazone groups is 1. The van der Waals surface area contributed by atoms with Gasteiger partial charge >= 0.3 is 0 Å². The number of nitrogens with zero attached hydrogens (tertiary/aromatic N) is 2. The van der Waals surface area contributed by atoms with Gasteiger partial charge in [0, 0.05) is 10.0 Å². The van der Waals surface area contributed by atoms with Crippen LogP contribution in [0.1, 0.15) is 11.1 Å². The van der Waals surface area contributed by atoms with Crippen molar-refractivity contribution >= 4 is 33.7 Å². The minimum Gasteiger partial charge on any atom is -0.496 e. The highest BCUT2D eigenvalue weighted by atomic mass is 79.9. The number of benzene rings is 2. The molecule has 0 saturated carbocycles. The van der Waals surface area contributed by atoms with Gasteiger partial charge in [-0.25, -0.2) is 5.43 Å². The molecule has 0 aliphatic rings. The molecule has 0 saturated heterocycles. The van der Waals surface area contributed by atoms with Gasteiger partial charge in [0.1, 0.15) is 17.2 Å². The summed E-state index contributed by atoms with van der Waals surface area (Å²) in [5.74, 6) is 0.398. The van der Waals surface area contributed by atoms with E-state index in [0.717, 1.165) is 10.0 Å². The van der Waals surface area contributed by atoms with Crippen LogP contribution in [0, 0.1) is 11.8 Å². The van der Waals surface area contributed by atoms with Gasteiger partial charge in [0.05, 0.1) is 13.3 Å². The fourth-order valence-electron chi connectivity index (χ4n) is 1.98. The van der Waals surface area contributed by atoms with Crippen molar-refractivity contribution in [3.8, 4) is 11.5 Å². The van der Waals surface area contributed by atoms with Crippen LogP contribution in [-0.4, -0.2) is 25.8 Å². The van der Waals surface area contributed by atoms with Gasteiger partial charge in [0.15, 0.2) is 6.61 Å². The number of aryl methyl sites for hydroxylation is 1. The summed E-state index contributed by atoms with van der Waals surface area (Å²) in [4.78, 5) is 22.6. The summed E-state index contributed by atoms with van der Waals surface area (Å²) in [6.07, 6.45) is 1.46. The monoisotopic (exact) mass is 405 g/mol. The third kappa shape index (κ3) is 5.39. The summed E-state index contributed by atoms with van der Waals surface area (Å²) in [6, 6.07) is 10.4. The minimum atomic E-state index is -0.470. The second-order valence-electron chi connectivity index (χ2n) is 5.03. The molecule has 25 heavy (non-hydrogen) atoms. The molecule has 2 aromatic rings. The van der Waals surface area contributed by atoms with Gasteiger partial charge in [-0.2, -0.15) is 5.10 Å². The Morgan fingerprint density at radius 3 is 2.72 bits per heavy atom. The van der Waals surface area contributed by atoms with E-state index >= 15 is 0 Å². The number of nitroso groups, excluding NO2 is 1. The van der Waals surface area contributed by atoms with Crippen LogP contribution in [0.15, 0.2) is 51.1 Å². The summed E-state index contributed by atoms with van der Waals surface area (Å²) in [5.41, 5.74) is 4.07. The van der Waals surface area contributed by atoms with Crippen molar-refractivity contribution in [2.24, 2.45) is 10.3 Å². The number of carbonyl (C=O) groups is 1. The van der Waals surface area contributed by atoms with E-state index in [9.17, 15) is 9.70 Å². The van der Waals surface area contributed by atoms with Crippen LogP contribution in [0.3, 0.4) is 0 Å². The van der Waals surface area contributed by atoms with Crippen LogP contribution < -0.4 is 14.9 Å². The summed E-state index contributed by atoms with van der Waals surface area (Å²) in [7, 11) is 1.55. The predicted octanol–water partition coefficient (Wildman–Crippen LogP) is 3.69. The average Bonchev–Trinajstić information content (AvgIpc) is 2.60. The predicted molar refractivity (Wildman–Crippen MR) is 98.6 cm³/mol. The molecular weight excluding hydrogens is 390 g/mol. The zero-order valence-corrected chi connectivity index (χ0v) is 15.2. The molecule has 0 aliphatic heterocycles. The summed E-state index contributed by atoms with van der Waals surface area (Å²) >= 11 is 3.36. The number of halogens is 1. The molecule has 7 nitrogen and oxygen atoms in total. The van der Waals surface area contributed by atoms with E-state index in [1.807, 2.05) is 13.0 Å². The lowest BCUT2D eigenvalue weighted by atomic mass is 10.2. The number of hydrogen-bond donors (Lipinski definition) is 1. The zero-order valence-electron chi connectivity index (χ0n) is 13.7. The molecule has 0 fully saturated rings. The normalized spacial score (nSPS) is 10.5. The van der Waals surface area contributed by atoms with E-state index in [4.69, 9.17) is 9.47 Å². The Hall–Kier alpha value is -2.74. The van der Waals surface area contributed by atoms with Gasteiger partial charge in [-0.05, 0) is 48.0 Å². The Morgan fingerprint density at radius 1 is 1.24 bits per heavy atom. The fraction of sp³-hybridized carbons (Fsp3) is 0.176. The maximum absolute atomic E-state index is 11.8. The van der Waals surface area contributed by atoms with Crippen molar-refractivity contribution in [3.63, 3.8) is 0 Å². The van der Waals surface area contributed by atoms with Crippen molar-refractivity contribution in [2.45, 2.75) is 6.92 Å². The molecule has 0 aromatic heterocycles. The molecule has 0 aliphatic carbocycles. The third-order valence-corrected chi connectivity index (χ3v) is 3.65. The Labute approximate surface area is 153 Å². The number of ether oxygens (including phenoxy) is 2. The Balaban J connectivity index is 1.93. The summed E-state index contributed by atoms with van der Waals surface area (Å²) in [6.45, 7) is 1.54. The molecule has 0 heterocycles. The number of hydrogen-bond acceptors (Lipinski definition) is 6. The van der Waals surface area contributed by atoms with E-state index in [1.165, 1.54) is 6.21 Å². The average molecular weight is 406 g/mol. The molecule has 1 N–H and O–H groups in total. The van der Waals surface area contributed by atoms with Gasteiger partial charge in [-0.15, -0.1) is 4.91 Å². The van der Waals surface area contributed by atoms with Gasteiger partial charge in [-0.3, -0.25) is 4.79 Å². The number of rotatable bonds is 7. The Morgan fingerprint density at radius 2 is 2.00 bits per heavy atom. The van der Waals surface area contributed by atoms with Crippen molar-refractivity contribution < 1.29 is 14.3 Å². The molecule has 2 aromatic carbocycles. The maximum atomic E-state index is 11.8. The first kappa shape index (κ1) is 18.6. The number of nitrogens with one attached hydrogen (secondary N) is 1. The molecular formula is C17H16BrN3O4. The highest BCUT2D eigenvalue weighted by Crippen LogP contribution is 2.28. The largest absolute Gasteiger partial charge is 0.496 e. The fourth-order valence-corrected chi connectivity index (χ4v) is 2.36. The molecule has 0 spiro atoms. The number of carbonyl (C=O) groups excluding carboxylic acids is 1. The Bertz CT molecular complexity index is 808. The molecule has 0 radical (unpaired) electrons. The van der Waals surface area contributed by atoms with Gasteiger partial charge in [0.2, 0.25) is 0 Å². The topological polar surface area (TPSA) is 89.3 Å². The third-order valence-electron chi connectivity index (χ3n) is 3.16. The van der Waals surface area contributed by atoms with Crippen LogP contribution in [0.2, 0.25) is 0 Å². The van der Waals surface area contributed by atoms with E-state index in [0.29, 0.717) is 11.3 Å². The van der Waals surface area contributed by atoms with Crippen molar-refractivity contribution in [1.82, 2.24) is 5.43 Å². The summed E-state index contributed by atoms with van der Waals surface area (Å²) in [5, 5.41) is 6.75. The van der Waals surface area contributed by atoms with Crippen LogP contribution >= 0.6 is 15.9 Å². The van der Waals surface area contributed by atoms with Crippen molar-refractivity contribution in [2.75, 3.05) is 13.7 Å². The molecule has 1 amide bonds.